The normalized spacial score (nSPS) is 32.1. The van der Waals surface area contributed by atoms with Crippen molar-refractivity contribution in [1.82, 2.24) is 10.2 Å². The molecular weight excluding hydrogens is 160 g/mol. The van der Waals surface area contributed by atoms with Gasteiger partial charge in [-0.05, 0) is 18.8 Å². The molecule has 13 heavy (non-hydrogen) atoms. The van der Waals surface area contributed by atoms with Crippen LogP contribution in [0.15, 0.2) is 0 Å². The lowest BCUT2D eigenvalue weighted by molar-refractivity contribution is 0.0390. The maximum absolute atomic E-state index is 3.51. The van der Waals surface area contributed by atoms with Gasteiger partial charge in [-0.25, -0.2) is 0 Å². The van der Waals surface area contributed by atoms with Gasteiger partial charge in [0.25, 0.3) is 0 Å². The van der Waals surface area contributed by atoms with Crippen molar-refractivity contribution in [3.63, 3.8) is 0 Å². The summed E-state index contributed by atoms with van der Waals surface area (Å²) >= 11 is 0. The molecule has 2 rings (SSSR count). The van der Waals surface area contributed by atoms with Crippen molar-refractivity contribution in [1.29, 1.82) is 0 Å². The van der Waals surface area contributed by atoms with Crippen LogP contribution in [-0.2, 0) is 0 Å². The topological polar surface area (TPSA) is 15.3 Å². The average molecular weight is 182 g/mol. The maximum atomic E-state index is 3.51. The summed E-state index contributed by atoms with van der Waals surface area (Å²) in [6, 6.07) is 1.72. The molecule has 0 radical (unpaired) electrons. The number of piperazine rings is 1. The molecule has 0 spiro atoms. The van der Waals surface area contributed by atoms with Crippen molar-refractivity contribution in [2.24, 2.45) is 5.92 Å². The summed E-state index contributed by atoms with van der Waals surface area (Å²) in [5.74, 6) is 0.799. The summed E-state index contributed by atoms with van der Waals surface area (Å²) in [7, 11) is 0. The van der Waals surface area contributed by atoms with E-state index in [2.05, 4.69) is 24.1 Å². The van der Waals surface area contributed by atoms with Crippen LogP contribution in [0, 0.1) is 5.92 Å². The third-order valence-corrected chi connectivity index (χ3v) is 3.64. The predicted octanol–water partition coefficient (Wildman–Crippen LogP) is 1.47. The van der Waals surface area contributed by atoms with E-state index in [4.69, 9.17) is 0 Å². The first kappa shape index (κ1) is 9.47. The number of rotatable bonds is 2. The standard InChI is InChI=1S/C11H22N2/c1-9(2)11-8-12-6-7-13(11)10-4-3-5-10/h9-12H,3-8H2,1-2H3/t11-/m0/s1. The molecule has 0 bridgehead atoms. The Morgan fingerprint density at radius 3 is 2.62 bits per heavy atom. The molecule has 1 saturated carbocycles. The second-order valence-corrected chi connectivity index (χ2v) is 4.84. The summed E-state index contributed by atoms with van der Waals surface area (Å²) in [4.78, 5) is 2.75. The highest BCUT2D eigenvalue weighted by Gasteiger charge is 2.33. The van der Waals surface area contributed by atoms with E-state index in [1.807, 2.05) is 0 Å². The van der Waals surface area contributed by atoms with Gasteiger partial charge in [0.05, 0.1) is 0 Å². The molecule has 1 aliphatic carbocycles. The number of hydrogen-bond acceptors (Lipinski definition) is 2. The summed E-state index contributed by atoms with van der Waals surface area (Å²) in [5.41, 5.74) is 0. The third-order valence-electron chi connectivity index (χ3n) is 3.64. The second kappa shape index (κ2) is 3.97. The van der Waals surface area contributed by atoms with E-state index in [9.17, 15) is 0 Å². The highest BCUT2D eigenvalue weighted by Crippen LogP contribution is 2.28. The zero-order chi connectivity index (χ0) is 9.26. The molecule has 0 aromatic rings. The molecule has 1 aliphatic heterocycles. The van der Waals surface area contributed by atoms with Crippen molar-refractivity contribution in [3.8, 4) is 0 Å². The molecule has 2 fully saturated rings. The van der Waals surface area contributed by atoms with E-state index >= 15 is 0 Å². The van der Waals surface area contributed by atoms with E-state index < -0.39 is 0 Å². The zero-order valence-electron chi connectivity index (χ0n) is 8.92. The smallest absolute Gasteiger partial charge is 0.0247 e. The van der Waals surface area contributed by atoms with Crippen molar-refractivity contribution in [2.45, 2.75) is 45.2 Å². The number of nitrogens with zero attached hydrogens (tertiary/aromatic N) is 1. The Morgan fingerprint density at radius 2 is 2.08 bits per heavy atom. The van der Waals surface area contributed by atoms with Crippen LogP contribution in [0.3, 0.4) is 0 Å². The fourth-order valence-electron chi connectivity index (χ4n) is 2.53. The summed E-state index contributed by atoms with van der Waals surface area (Å²) < 4.78 is 0. The Balaban J connectivity index is 1.95. The average Bonchev–Trinajstić information content (AvgIpc) is 2.02. The highest BCUT2D eigenvalue weighted by molar-refractivity contribution is 4.90. The van der Waals surface area contributed by atoms with Crippen molar-refractivity contribution >= 4 is 0 Å². The minimum atomic E-state index is 0.791. The van der Waals surface area contributed by atoms with Crippen LogP contribution < -0.4 is 5.32 Å². The Bertz CT molecular complexity index is 163. The van der Waals surface area contributed by atoms with Crippen molar-refractivity contribution < 1.29 is 0 Å². The van der Waals surface area contributed by atoms with Gasteiger partial charge in [-0.2, -0.15) is 0 Å². The van der Waals surface area contributed by atoms with E-state index in [1.54, 1.807) is 0 Å². The number of nitrogens with one attached hydrogen (secondary N) is 1. The summed E-state index contributed by atoms with van der Waals surface area (Å²) in [6.45, 7) is 8.37. The highest BCUT2D eigenvalue weighted by atomic mass is 15.2. The largest absolute Gasteiger partial charge is 0.314 e. The molecule has 1 heterocycles. The van der Waals surface area contributed by atoms with Crippen molar-refractivity contribution in [3.05, 3.63) is 0 Å². The third kappa shape index (κ3) is 1.89. The first-order chi connectivity index (χ1) is 6.29. The molecule has 0 aromatic carbocycles. The monoisotopic (exact) mass is 182 g/mol. The van der Waals surface area contributed by atoms with E-state index in [0.717, 1.165) is 18.0 Å². The minimum Gasteiger partial charge on any atom is -0.314 e. The lowest BCUT2D eigenvalue weighted by Crippen LogP contribution is -2.58. The van der Waals surface area contributed by atoms with Gasteiger partial charge in [0.2, 0.25) is 0 Å². The molecule has 1 atom stereocenters. The van der Waals surface area contributed by atoms with Crippen LogP contribution in [0.5, 0.6) is 0 Å². The molecular formula is C11H22N2. The Morgan fingerprint density at radius 1 is 1.31 bits per heavy atom. The van der Waals surface area contributed by atoms with Gasteiger partial charge in [-0.3, -0.25) is 4.90 Å². The molecule has 76 valence electrons. The first-order valence-corrected chi connectivity index (χ1v) is 5.75. The van der Waals surface area contributed by atoms with Crippen LogP contribution in [0.1, 0.15) is 33.1 Å². The van der Waals surface area contributed by atoms with Gasteiger partial charge in [0.1, 0.15) is 0 Å². The fraction of sp³-hybridized carbons (Fsp3) is 1.00. The maximum Gasteiger partial charge on any atom is 0.0247 e. The van der Waals surface area contributed by atoms with Crippen LogP contribution in [0.4, 0.5) is 0 Å². The fourth-order valence-corrected chi connectivity index (χ4v) is 2.53. The van der Waals surface area contributed by atoms with Gasteiger partial charge < -0.3 is 5.32 Å². The van der Waals surface area contributed by atoms with Crippen molar-refractivity contribution in [2.75, 3.05) is 19.6 Å². The van der Waals surface area contributed by atoms with E-state index in [-0.39, 0.29) is 0 Å². The van der Waals surface area contributed by atoms with Crippen LogP contribution >= 0.6 is 0 Å². The Hall–Kier alpha value is -0.0800. The van der Waals surface area contributed by atoms with E-state index in [0.29, 0.717) is 0 Å². The lowest BCUT2D eigenvalue weighted by atomic mass is 9.87. The van der Waals surface area contributed by atoms with Gasteiger partial charge >= 0.3 is 0 Å². The molecule has 1 saturated heterocycles. The molecule has 2 heteroatoms. The summed E-state index contributed by atoms with van der Waals surface area (Å²) in [6.07, 6.45) is 4.35. The Labute approximate surface area is 81.7 Å². The van der Waals surface area contributed by atoms with Crippen LogP contribution in [-0.4, -0.2) is 36.6 Å². The predicted molar refractivity (Wildman–Crippen MR) is 55.8 cm³/mol. The Kier molecular flexibility index (Phi) is 2.89. The first-order valence-electron chi connectivity index (χ1n) is 5.75. The van der Waals surface area contributed by atoms with E-state index in [1.165, 1.54) is 38.9 Å². The van der Waals surface area contributed by atoms with Crippen LogP contribution in [0.25, 0.3) is 0 Å². The van der Waals surface area contributed by atoms with Gasteiger partial charge in [0, 0.05) is 31.7 Å². The molecule has 0 amide bonds. The molecule has 0 aromatic heterocycles. The van der Waals surface area contributed by atoms with Gasteiger partial charge in [0.15, 0.2) is 0 Å². The SMILES string of the molecule is CC(C)[C@@H]1CNCCN1C1CCC1. The lowest BCUT2D eigenvalue weighted by Gasteiger charge is -2.47. The molecule has 0 unspecified atom stereocenters. The number of hydrogen-bond donors (Lipinski definition) is 1. The minimum absolute atomic E-state index is 0.791. The second-order valence-electron chi connectivity index (χ2n) is 4.84. The zero-order valence-corrected chi connectivity index (χ0v) is 8.92. The van der Waals surface area contributed by atoms with Crippen LogP contribution in [0.2, 0.25) is 0 Å². The molecule has 2 nitrogen and oxygen atoms in total. The van der Waals surface area contributed by atoms with Gasteiger partial charge in [-0.15, -0.1) is 0 Å². The quantitative estimate of drug-likeness (QED) is 0.695. The summed E-state index contributed by atoms with van der Waals surface area (Å²) in [5, 5.41) is 3.51. The molecule has 1 N–H and O–H groups in total. The van der Waals surface area contributed by atoms with Gasteiger partial charge in [-0.1, -0.05) is 20.3 Å². The molecule has 2 aliphatic rings.